The first-order valence-electron chi connectivity index (χ1n) is 5.74. The van der Waals surface area contributed by atoms with E-state index >= 15 is 0 Å². The van der Waals surface area contributed by atoms with Gasteiger partial charge in [-0.15, -0.1) is 11.8 Å². The van der Waals surface area contributed by atoms with Gasteiger partial charge in [-0.3, -0.25) is 0 Å². The van der Waals surface area contributed by atoms with E-state index in [1.165, 1.54) is 0 Å². The van der Waals surface area contributed by atoms with Crippen molar-refractivity contribution in [1.29, 1.82) is 0 Å². The number of halogens is 1. The Morgan fingerprint density at radius 3 is 2.70 bits per heavy atom. The molecule has 104 valence electrons. The molecule has 0 aromatic heterocycles. The molecule has 0 bridgehead atoms. The van der Waals surface area contributed by atoms with Gasteiger partial charge >= 0.3 is 0 Å². The number of amidine groups is 1. The molecule has 0 aliphatic rings. The Balaban J connectivity index is 2.29. The third-order valence-corrected chi connectivity index (χ3v) is 4.05. The fourth-order valence-electron chi connectivity index (χ4n) is 1.65. The molecule has 0 aliphatic carbocycles. The topological polar surface area (TPSA) is 67.8 Å². The number of nitrogens with zero attached hydrogens (tertiary/aromatic N) is 1. The zero-order chi connectivity index (χ0) is 14.5. The van der Waals surface area contributed by atoms with Crippen molar-refractivity contribution in [1.82, 2.24) is 0 Å². The first-order valence-corrected chi connectivity index (χ1v) is 7.76. The zero-order valence-electron chi connectivity index (χ0n) is 10.7. The van der Waals surface area contributed by atoms with Crippen molar-refractivity contribution in [2.75, 3.05) is 6.26 Å². The number of ether oxygens (including phenoxy) is 1. The van der Waals surface area contributed by atoms with Crippen LogP contribution < -0.4 is 10.5 Å². The second-order valence-electron chi connectivity index (χ2n) is 3.88. The number of nitrogens with two attached hydrogens (primary N) is 1. The van der Waals surface area contributed by atoms with Gasteiger partial charge in [-0.1, -0.05) is 17.3 Å². The third kappa shape index (κ3) is 3.26. The Hall–Kier alpha value is -1.66. The standard InChI is InChI=1S/C14H13BrN2O2S/c1-20-13-5-3-2-4-12(13)19-9-6-7-10(11(15)8-9)14(16)17-18/h2-8,18H,1H3,(H2,16,17). The number of benzene rings is 2. The highest BCUT2D eigenvalue weighted by Gasteiger charge is 2.08. The highest BCUT2D eigenvalue weighted by molar-refractivity contribution is 9.10. The molecular weight excluding hydrogens is 340 g/mol. The maximum Gasteiger partial charge on any atom is 0.171 e. The lowest BCUT2D eigenvalue weighted by Crippen LogP contribution is -2.13. The van der Waals surface area contributed by atoms with Gasteiger partial charge in [-0.05, 0) is 52.5 Å². The van der Waals surface area contributed by atoms with Crippen LogP contribution in [0.5, 0.6) is 11.5 Å². The van der Waals surface area contributed by atoms with E-state index in [9.17, 15) is 0 Å². The minimum atomic E-state index is 0.0490. The van der Waals surface area contributed by atoms with Crippen LogP contribution in [-0.2, 0) is 0 Å². The van der Waals surface area contributed by atoms with Gasteiger partial charge in [-0.2, -0.15) is 0 Å². The number of thioether (sulfide) groups is 1. The molecule has 0 spiro atoms. The first-order chi connectivity index (χ1) is 9.65. The Kier molecular flexibility index (Phi) is 4.92. The van der Waals surface area contributed by atoms with Crippen LogP contribution in [0.3, 0.4) is 0 Å². The van der Waals surface area contributed by atoms with Gasteiger partial charge in [-0.25, -0.2) is 0 Å². The second-order valence-corrected chi connectivity index (χ2v) is 5.58. The summed E-state index contributed by atoms with van der Waals surface area (Å²) in [7, 11) is 0. The summed E-state index contributed by atoms with van der Waals surface area (Å²) < 4.78 is 6.56. The predicted octanol–water partition coefficient (Wildman–Crippen LogP) is 4.06. The number of hydrogen-bond donors (Lipinski definition) is 2. The molecule has 0 atom stereocenters. The molecule has 2 aromatic rings. The van der Waals surface area contributed by atoms with Crippen LogP contribution in [-0.4, -0.2) is 17.3 Å². The average Bonchev–Trinajstić information content (AvgIpc) is 2.47. The molecule has 2 rings (SSSR count). The van der Waals surface area contributed by atoms with E-state index in [4.69, 9.17) is 15.7 Å². The molecule has 20 heavy (non-hydrogen) atoms. The molecular formula is C14H13BrN2O2S. The molecule has 0 amide bonds. The van der Waals surface area contributed by atoms with E-state index in [-0.39, 0.29) is 5.84 Å². The van der Waals surface area contributed by atoms with E-state index < -0.39 is 0 Å². The fraction of sp³-hybridized carbons (Fsp3) is 0.0714. The van der Waals surface area contributed by atoms with Crippen LogP contribution in [0.4, 0.5) is 0 Å². The predicted molar refractivity (Wildman–Crippen MR) is 84.9 cm³/mol. The van der Waals surface area contributed by atoms with Crippen molar-refractivity contribution in [3.05, 3.63) is 52.5 Å². The summed E-state index contributed by atoms with van der Waals surface area (Å²) >= 11 is 5.00. The van der Waals surface area contributed by atoms with Crippen molar-refractivity contribution in [3.63, 3.8) is 0 Å². The van der Waals surface area contributed by atoms with Gasteiger partial charge in [0.25, 0.3) is 0 Å². The molecule has 3 N–H and O–H groups in total. The van der Waals surface area contributed by atoms with Crippen molar-refractivity contribution < 1.29 is 9.94 Å². The molecule has 0 fully saturated rings. The summed E-state index contributed by atoms with van der Waals surface area (Å²) in [4.78, 5) is 1.06. The van der Waals surface area contributed by atoms with Crippen molar-refractivity contribution >= 4 is 33.5 Å². The fourth-order valence-corrected chi connectivity index (χ4v) is 2.74. The van der Waals surface area contributed by atoms with Crippen LogP contribution in [0.2, 0.25) is 0 Å². The van der Waals surface area contributed by atoms with Gasteiger partial charge in [0.15, 0.2) is 5.84 Å². The molecule has 0 saturated carbocycles. The number of oxime groups is 1. The van der Waals surface area contributed by atoms with Gasteiger partial charge in [0.05, 0.1) is 0 Å². The highest BCUT2D eigenvalue weighted by atomic mass is 79.9. The summed E-state index contributed by atoms with van der Waals surface area (Å²) in [5, 5.41) is 11.7. The van der Waals surface area contributed by atoms with Crippen LogP contribution in [0.15, 0.2) is 57.0 Å². The van der Waals surface area contributed by atoms with Gasteiger partial charge < -0.3 is 15.7 Å². The van der Waals surface area contributed by atoms with Crippen LogP contribution in [0.25, 0.3) is 0 Å². The number of para-hydroxylation sites is 1. The normalized spacial score (nSPS) is 11.4. The minimum Gasteiger partial charge on any atom is -0.456 e. The Morgan fingerprint density at radius 1 is 1.30 bits per heavy atom. The number of rotatable bonds is 4. The molecule has 6 heteroatoms. The van der Waals surface area contributed by atoms with E-state index in [2.05, 4.69) is 21.1 Å². The molecule has 0 heterocycles. The monoisotopic (exact) mass is 352 g/mol. The summed E-state index contributed by atoms with van der Waals surface area (Å²) in [6, 6.07) is 13.1. The Labute approximate surface area is 129 Å². The van der Waals surface area contributed by atoms with Crippen molar-refractivity contribution in [2.24, 2.45) is 10.9 Å². The van der Waals surface area contributed by atoms with Gasteiger partial charge in [0.2, 0.25) is 0 Å². The molecule has 2 aromatic carbocycles. The van der Waals surface area contributed by atoms with E-state index in [0.717, 1.165) is 10.6 Å². The lowest BCUT2D eigenvalue weighted by Gasteiger charge is -2.11. The number of hydrogen-bond acceptors (Lipinski definition) is 4. The van der Waals surface area contributed by atoms with Crippen molar-refractivity contribution in [2.45, 2.75) is 4.90 Å². The van der Waals surface area contributed by atoms with Crippen LogP contribution in [0.1, 0.15) is 5.56 Å². The summed E-state index contributed by atoms with van der Waals surface area (Å²) in [6.07, 6.45) is 2.00. The lowest BCUT2D eigenvalue weighted by atomic mass is 10.2. The summed E-state index contributed by atoms with van der Waals surface area (Å²) in [5.41, 5.74) is 6.18. The Morgan fingerprint density at radius 2 is 2.05 bits per heavy atom. The van der Waals surface area contributed by atoms with E-state index in [1.54, 1.807) is 30.0 Å². The molecule has 0 unspecified atom stereocenters. The largest absolute Gasteiger partial charge is 0.456 e. The zero-order valence-corrected chi connectivity index (χ0v) is 13.1. The van der Waals surface area contributed by atoms with E-state index in [1.807, 2.05) is 30.5 Å². The first kappa shape index (κ1) is 14.7. The average molecular weight is 353 g/mol. The third-order valence-electron chi connectivity index (χ3n) is 2.62. The van der Waals surface area contributed by atoms with Crippen LogP contribution in [0, 0.1) is 0 Å². The summed E-state index contributed by atoms with van der Waals surface area (Å²) in [5.74, 6) is 1.52. The smallest absolute Gasteiger partial charge is 0.171 e. The molecule has 0 radical (unpaired) electrons. The maximum absolute atomic E-state index is 8.69. The van der Waals surface area contributed by atoms with E-state index in [0.29, 0.717) is 15.8 Å². The molecule has 0 aliphatic heterocycles. The minimum absolute atomic E-state index is 0.0490. The Bertz CT molecular complexity index is 647. The van der Waals surface area contributed by atoms with Gasteiger partial charge in [0, 0.05) is 14.9 Å². The van der Waals surface area contributed by atoms with Crippen LogP contribution >= 0.6 is 27.7 Å². The lowest BCUT2D eigenvalue weighted by molar-refractivity contribution is 0.318. The van der Waals surface area contributed by atoms with Gasteiger partial charge in [0.1, 0.15) is 11.5 Å². The SMILES string of the molecule is CSc1ccccc1Oc1ccc(/C(N)=N/O)c(Br)c1. The molecule has 4 nitrogen and oxygen atoms in total. The second kappa shape index (κ2) is 6.67. The summed E-state index contributed by atoms with van der Waals surface area (Å²) in [6.45, 7) is 0. The van der Waals surface area contributed by atoms with Crippen molar-refractivity contribution in [3.8, 4) is 11.5 Å². The quantitative estimate of drug-likeness (QED) is 0.286. The maximum atomic E-state index is 8.69. The molecule has 0 saturated heterocycles. The highest BCUT2D eigenvalue weighted by Crippen LogP contribution is 2.32.